The highest BCUT2D eigenvalue weighted by Crippen LogP contribution is 2.39. The zero-order chi connectivity index (χ0) is 11.3. The van der Waals surface area contributed by atoms with Crippen molar-refractivity contribution in [1.29, 1.82) is 0 Å². The van der Waals surface area contributed by atoms with Gasteiger partial charge in [-0.2, -0.15) is 5.10 Å². The topological polar surface area (TPSA) is 80.6 Å². The van der Waals surface area contributed by atoms with Gasteiger partial charge in [0, 0.05) is 7.05 Å². The normalized spacial score (nSPS) is 12.9. The molecule has 0 fully saturated rings. The minimum atomic E-state index is 0.681. The molecule has 0 radical (unpaired) electrons. The summed E-state index contributed by atoms with van der Waals surface area (Å²) in [4.78, 5) is 0. The first-order valence-electron chi connectivity index (χ1n) is 4.85. The molecule has 3 rings (SSSR count). The van der Waals surface area contributed by atoms with E-state index in [0.717, 1.165) is 22.8 Å². The van der Waals surface area contributed by atoms with Gasteiger partial charge in [0.15, 0.2) is 11.5 Å². The third kappa shape index (κ3) is 1.02. The van der Waals surface area contributed by atoms with Crippen molar-refractivity contribution in [3.05, 3.63) is 11.5 Å². The number of rotatable bonds is 0. The van der Waals surface area contributed by atoms with Gasteiger partial charge >= 0.3 is 0 Å². The highest BCUT2D eigenvalue weighted by molar-refractivity contribution is 5.82. The first-order chi connectivity index (χ1) is 7.68. The molecule has 0 aliphatic carbocycles. The van der Waals surface area contributed by atoms with Crippen molar-refractivity contribution in [1.82, 2.24) is 14.9 Å². The molecule has 7 heteroatoms. The maximum absolute atomic E-state index is 5.14. The third-order valence-electron chi connectivity index (χ3n) is 2.59. The molecular weight excluding hydrogens is 208 g/mol. The van der Waals surface area contributed by atoms with Gasteiger partial charge in [0.25, 0.3) is 0 Å². The average Bonchev–Trinajstić information content (AvgIpc) is 2.65. The van der Waals surface area contributed by atoms with Gasteiger partial charge in [0.2, 0.25) is 0 Å². The maximum atomic E-state index is 5.14. The summed E-state index contributed by atoms with van der Waals surface area (Å²) in [7, 11) is 1.85. The van der Waals surface area contributed by atoms with Crippen molar-refractivity contribution >= 4 is 11.4 Å². The Bertz CT molecular complexity index is 593. The Balaban J connectivity index is 2.38. The molecular formula is C9H10N6O. The monoisotopic (exact) mass is 218 g/mol. The van der Waals surface area contributed by atoms with Crippen molar-refractivity contribution in [3.8, 4) is 11.4 Å². The summed E-state index contributed by atoms with van der Waals surface area (Å²) in [6.07, 6.45) is 0. The number of nitrogens with zero attached hydrogens (tertiary/aromatic N) is 5. The highest BCUT2D eigenvalue weighted by atomic mass is 16.5. The summed E-state index contributed by atoms with van der Waals surface area (Å²) in [6.45, 7) is 3.71. The fraction of sp³-hybridized carbons (Fsp3) is 0.333. The van der Waals surface area contributed by atoms with E-state index in [9.17, 15) is 0 Å². The predicted molar refractivity (Wildman–Crippen MR) is 56.3 cm³/mol. The second-order valence-electron chi connectivity index (χ2n) is 3.68. The van der Waals surface area contributed by atoms with Crippen LogP contribution in [-0.2, 0) is 7.05 Å². The van der Waals surface area contributed by atoms with Gasteiger partial charge in [0.1, 0.15) is 17.1 Å². The fourth-order valence-electron chi connectivity index (χ4n) is 1.82. The molecule has 1 N–H and O–H groups in total. The molecule has 2 aromatic rings. The molecule has 7 nitrogen and oxygen atoms in total. The number of anilines is 1. The van der Waals surface area contributed by atoms with Gasteiger partial charge in [-0.25, -0.2) is 0 Å². The lowest BCUT2D eigenvalue weighted by atomic mass is 10.2. The summed E-state index contributed by atoms with van der Waals surface area (Å²) in [5, 5.41) is 16.3. The first kappa shape index (κ1) is 9.08. The van der Waals surface area contributed by atoms with Gasteiger partial charge in [-0.15, -0.1) is 5.11 Å². The third-order valence-corrected chi connectivity index (χ3v) is 2.59. The SMILES string of the molecule is Cc1nn(C)c2c1N=NNc1c-2noc1C. The lowest BCUT2D eigenvalue weighted by Gasteiger charge is -1.98. The molecule has 0 amide bonds. The molecule has 0 atom stereocenters. The Hall–Kier alpha value is -2.18. The summed E-state index contributed by atoms with van der Waals surface area (Å²) in [6, 6.07) is 0. The molecule has 1 aliphatic rings. The van der Waals surface area contributed by atoms with Gasteiger partial charge < -0.3 is 4.52 Å². The highest BCUT2D eigenvalue weighted by Gasteiger charge is 2.25. The van der Waals surface area contributed by atoms with Crippen LogP contribution in [0.1, 0.15) is 11.5 Å². The van der Waals surface area contributed by atoms with E-state index >= 15 is 0 Å². The van der Waals surface area contributed by atoms with Crippen LogP contribution in [0.4, 0.5) is 11.4 Å². The zero-order valence-corrected chi connectivity index (χ0v) is 9.14. The fourth-order valence-corrected chi connectivity index (χ4v) is 1.82. The molecule has 0 aromatic carbocycles. The van der Waals surface area contributed by atoms with Crippen LogP contribution in [0.25, 0.3) is 11.4 Å². The minimum Gasteiger partial charge on any atom is -0.359 e. The van der Waals surface area contributed by atoms with E-state index in [-0.39, 0.29) is 0 Å². The number of fused-ring (bicyclic) bond motifs is 3. The molecule has 0 unspecified atom stereocenters. The lowest BCUT2D eigenvalue weighted by Crippen LogP contribution is -1.95. The standard InChI is InChI=1S/C9H10N6O/c1-4-6-9(15(3)12-4)8-7(11-14-10-6)5(2)16-13-8/h1-3H3,(H,10,11). The number of nitrogens with one attached hydrogen (secondary N) is 1. The van der Waals surface area contributed by atoms with Crippen LogP contribution < -0.4 is 5.43 Å². The van der Waals surface area contributed by atoms with E-state index in [4.69, 9.17) is 4.52 Å². The van der Waals surface area contributed by atoms with Gasteiger partial charge in [-0.3, -0.25) is 10.1 Å². The molecule has 1 aliphatic heterocycles. The van der Waals surface area contributed by atoms with Gasteiger partial charge in [-0.1, -0.05) is 10.4 Å². The predicted octanol–water partition coefficient (Wildman–Crippen LogP) is 2.12. The molecule has 0 saturated carbocycles. The van der Waals surface area contributed by atoms with Gasteiger partial charge in [0.05, 0.1) is 5.69 Å². The Kier molecular flexibility index (Phi) is 1.65. The van der Waals surface area contributed by atoms with Crippen molar-refractivity contribution in [2.75, 3.05) is 5.43 Å². The maximum Gasteiger partial charge on any atom is 0.159 e. The lowest BCUT2D eigenvalue weighted by molar-refractivity contribution is 0.399. The smallest absolute Gasteiger partial charge is 0.159 e. The van der Waals surface area contributed by atoms with Crippen LogP contribution in [0.2, 0.25) is 0 Å². The van der Waals surface area contributed by atoms with E-state index in [1.165, 1.54) is 0 Å². The number of hydrogen-bond acceptors (Lipinski definition) is 6. The van der Waals surface area contributed by atoms with Gasteiger partial charge in [-0.05, 0) is 13.8 Å². The van der Waals surface area contributed by atoms with E-state index in [2.05, 4.69) is 26.0 Å². The molecule has 2 aromatic heterocycles. The zero-order valence-electron chi connectivity index (χ0n) is 9.14. The summed E-state index contributed by atoms with van der Waals surface area (Å²) in [5.41, 5.74) is 6.62. The van der Waals surface area contributed by atoms with Crippen molar-refractivity contribution < 1.29 is 4.52 Å². The number of aryl methyl sites for hydroxylation is 3. The Morgan fingerprint density at radius 1 is 1.31 bits per heavy atom. The molecule has 0 saturated heterocycles. The molecule has 0 spiro atoms. The average molecular weight is 218 g/mol. The summed E-state index contributed by atoms with van der Waals surface area (Å²) < 4.78 is 6.87. The Labute approximate surface area is 91.1 Å². The van der Waals surface area contributed by atoms with Crippen LogP contribution in [-0.4, -0.2) is 14.9 Å². The molecule has 82 valence electrons. The summed E-state index contributed by atoms with van der Waals surface area (Å²) >= 11 is 0. The van der Waals surface area contributed by atoms with Crippen LogP contribution in [0.15, 0.2) is 14.9 Å². The molecule has 3 heterocycles. The van der Waals surface area contributed by atoms with Crippen LogP contribution in [0.5, 0.6) is 0 Å². The second-order valence-corrected chi connectivity index (χ2v) is 3.68. The largest absolute Gasteiger partial charge is 0.359 e. The minimum absolute atomic E-state index is 0.681. The van der Waals surface area contributed by atoms with E-state index < -0.39 is 0 Å². The van der Waals surface area contributed by atoms with Crippen molar-refractivity contribution in [3.63, 3.8) is 0 Å². The summed E-state index contributed by atoms with van der Waals surface area (Å²) in [5.74, 6) is 0.681. The first-order valence-corrected chi connectivity index (χ1v) is 4.85. The Morgan fingerprint density at radius 2 is 2.12 bits per heavy atom. The van der Waals surface area contributed by atoms with E-state index in [1.54, 1.807) is 4.68 Å². The quantitative estimate of drug-likeness (QED) is 0.734. The van der Waals surface area contributed by atoms with Crippen molar-refractivity contribution in [2.24, 2.45) is 17.4 Å². The number of aromatic nitrogens is 3. The second kappa shape index (κ2) is 2.91. The van der Waals surface area contributed by atoms with Crippen LogP contribution in [0, 0.1) is 13.8 Å². The van der Waals surface area contributed by atoms with Crippen LogP contribution in [0.3, 0.4) is 0 Å². The number of hydrogen-bond donors (Lipinski definition) is 1. The molecule has 0 bridgehead atoms. The van der Waals surface area contributed by atoms with E-state index in [0.29, 0.717) is 11.5 Å². The van der Waals surface area contributed by atoms with E-state index in [1.807, 2.05) is 20.9 Å². The Morgan fingerprint density at radius 3 is 2.94 bits per heavy atom. The van der Waals surface area contributed by atoms with Crippen LogP contribution >= 0.6 is 0 Å². The molecule has 16 heavy (non-hydrogen) atoms. The van der Waals surface area contributed by atoms with Crippen molar-refractivity contribution in [2.45, 2.75) is 13.8 Å².